The lowest BCUT2D eigenvalue weighted by atomic mass is 9.90. The normalized spacial score (nSPS) is 16.4. The van der Waals surface area contributed by atoms with Crippen LogP contribution in [-0.2, 0) is 22.4 Å². The Bertz CT molecular complexity index is 954. The van der Waals surface area contributed by atoms with E-state index in [-0.39, 0.29) is 11.4 Å². The Morgan fingerprint density at radius 2 is 2.10 bits per heavy atom. The summed E-state index contributed by atoms with van der Waals surface area (Å²) < 4.78 is 10.3. The highest BCUT2D eigenvalue weighted by Crippen LogP contribution is 2.33. The second kappa shape index (κ2) is 8.60. The molecule has 0 unspecified atom stereocenters. The van der Waals surface area contributed by atoms with Crippen LogP contribution in [0.25, 0.3) is 0 Å². The smallest absolute Gasteiger partial charge is 0.349 e. The molecule has 1 aromatic heterocycles. The number of nitro benzene ring substituents is 1. The predicted octanol–water partition coefficient (Wildman–Crippen LogP) is 3.97. The molecule has 1 aliphatic rings. The number of aryl methyl sites for hydroxylation is 1. The zero-order chi connectivity index (χ0) is 21.1. The van der Waals surface area contributed by atoms with Gasteiger partial charge in [-0.05, 0) is 55.9 Å². The van der Waals surface area contributed by atoms with E-state index in [9.17, 15) is 19.7 Å². The molecule has 0 fully saturated rings. The van der Waals surface area contributed by atoms with Gasteiger partial charge in [-0.3, -0.25) is 14.9 Å². The molecule has 2 aromatic rings. The molecule has 1 heterocycles. The van der Waals surface area contributed by atoms with Crippen LogP contribution in [0.4, 0.5) is 11.4 Å². The summed E-state index contributed by atoms with van der Waals surface area (Å²) in [5.41, 5.74) is 0.868. The number of rotatable bonds is 6. The molecule has 29 heavy (non-hydrogen) atoms. The SMILES string of the molecule is COc1ccc(NC(=O)[C@@H](C)OC(=O)c2cc3c(s2)CC[C@@H](C)C3)c([N+](=O)[O-])c1. The number of ether oxygens (including phenoxy) is 2. The number of nitro groups is 1. The van der Waals surface area contributed by atoms with Crippen LogP contribution >= 0.6 is 11.3 Å². The number of nitrogens with zero attached hydrogens (tertiary/aromatic N) is 1. The minimum absolute atomic E-state index is 0.00396. The van der Waals surface area contributed by atoms with Gasteiger partial charge in [-0.1, -0.05) is 6.92 Å². The quantitative estimate of drug-likeness (QED) is 0.432. The fraction of sp³-hybridized carbons (Fsp3) is 0.400. The summed E-state index contributed by atoms with van der Waals surface area (Å²) in [6.07, 6.45) is 1.88. The van der Waals surface area contributed by atoms with Crippen LogP contribution in [0.3, 0.4) is 0 Å². The van der Waals surface area contributed by atoms with Crippen LogP contribution in [-0.4, -0.2) is 30.0 Å². The Hall–Kier alpha value is -2.94. The standard InChI is InChI=1S/C20H22N2O6S/c1-11-4-7-17-13(8-11)9-18(29-17)20(24)28-12(2)19(23)21-15-6-5-14(27-3)10-16(15)22(25)26/h5-6,9-12H,4,7-8H2,1-3H3,(H,21,23)/t11-,12-/m1/s1. The van der Waals surface area contributed by atoms with E-state index in [2.05, 4.69) is 12.2 Å². The first-order valence-corrected chi connectivity index (χ1v) is 10.1. The number of amides is 1. The lowest BCUT2D eigenvalue weighted by Crippen LogP contribution is -2.30. The van der Waals surface area contributed by atoms with E-state index in [1.807, 2.05) is 6.07 Å². The lowest BCUT2D eigenvalue weighted by Gasteiger charge is -2.16. The van der Waals surface area contributed by atoms with Crippen molar-refractivity contribution in [3.05, 3.63) is 49.7 Å². The summed E-state index contributed by atoms with van der Waals surface area (Å²) in [5.74, 6) is -0.332. The van der Waals surface area contributed by atoms with E-state index in [4.69, 9.17) is 9.47 Å². The average molecular weight is 418 g/mol. The number of thiophene rings is 1. The number of esters is 1. The number of fused-ring (bicyclic) bond motifs is 1. The number of benzene rings is 1. The Labute approximate surface area is 172 Å². The zero-order valence-electron chi connectivity index (χ0n) is 16.4. The number of carbonyl (C=O) groups is 2. The first-order chi connectivity index (χ1) is 13.8. The van der Waals surface area contributed by atoms with Gasteiger partial charge in [0.15, 0.2) is 6.10 Å². The van der Waals surface area contributed by atoms with Gasteiger partial charge in [-0.15, -0.1) is 11.3 Å². The molecule has 0 aliphatic heterocycles. The summed E-state index contributed by atoms with van der Waals surface area (Å²) in [4.78, 5) is 37.1. The first kappa shape index (κ1) is 20.8. The Morgan fingerprint density at radius 3 is 2.79 bits per heavy atom. The topological polar surface area (TPSA) is 108 Å². The molecule has 0 saturated carbocycles. The maximum absolute atomic E-state index is 12.5. The molecule has 2 atom stereocenters. The number of anilines is 1. The van der Waals surface area contributed by atoms with E-state index < -0.39 is 22.9 Å². The van der Waals surface area contributed by atoms with Crippen LogP contribution in [0.15, 0.2) is 24.3 Å². The second-order valence-corrected chi connectivity index (χ2v) is 8.22. The molecule has 1 aliphatic carbocycles. The molecular formula is C20H22N2O6S. The molecule has 0 bridgehead atoms. The monoisotopic (exact) mass is 418 g/mol. The van der Waals surface area contributed by atoms with Crippen molar-refractivity contribution in [2.45, 2.75) is 39.2 Å². The van der Waals surface area contributed by atoms with Crippen molar-refractivity contribution in [3.63, 3.8) is 0 Å². The highest BCUT2D eigenvalue weighted by molar-refractivity contribution is 7.14. The van der Waals surface area contributed by atoms with E-state index in [1.165, 1.54) is 54.0 Å². The highest BCUT2D eigenvalue weighted by atomic mass is 32.1. The Kier molecular flexibility index (Phi) is 6.17. The summed E-state index contributed by atoms with van der Waals surface area (Å²) in [7, 11) is 1.39. The number of hydrogen-bond acceptors (Lipinski definition) is 7. The fourth-order valence-electron chi connectivity index (χ4n) is 3.21. The van der Waals surface area contributed by atoms with E-state index >= 15 is 0 Å². The highest BCUT2D eigenvalue weighted by Gasteiger charge is 2.26. The molecular weight excluding hydrogens is 396 g/mol. The molecule has 3 rings (SSSR count). The van der Waals surface area contributed by atoms with Gasteiger partial charge >= 0.3 is 5.97 Å². The van der Waals surface area contributed by atoms with Gasteiger partial charge < -0.3 is 14.8 Å². The van der Waals surface area contributed by atoms with Crippen LogP contribution in [0.5, 0.6) is 5.75 Å². The maximum Gasteiger partial charge on any atom is 0.349 e. The first-order valence-electron chi connectivity index (χ1n) is 9.24. The lowest BCUT2D eigenvalue weighted by molar-refractivity contribution is -0.384. The van der Waals surface area contributed by atoms with Gasteiger partial charge in [0.1, 0.15) is 16.3 Å². The van der Waals surface area contributed by atoms with E-state index in [1.54, 1.807) is 0 Å². The summed E-state index contributed by atoms with van der Waals surface area (Å²) >= 11 is 1.40. The molecule has 1 aromatic carbocycles. The fourth-order valence-corrected chi connectivity index (χ4v) is 4.30. The van der Waals surface area contributed by atoms with E-state index in [0.29, 0.717) is 16.5 Å². The van der Waals surface area contributed by atoms with Crippen molar-refractivity contribution >= 4 is 34.6 Å². The van der Waals surface area contributed by atoms with Crippen LogP contribution < -0.4 is 10.1 Å². The van der Waals surface area contributed by atoms with Gasteiger partial charge in [0.25, 0.3) is 11.6 Å². The molecule has 9 heteroatoms. The van der Waals surface area contributed by atoms with Crippen molar-refractivity contribution in [2.24, 2.45) is 5.92 Å². The molecule has 8 nitrogen and oxygen atoms in total. The van der Waals surface area contributed by atoms with Crippen LogP contribution in [0, 0.1) is 16.0 Å². The minimum Gasteiger partial charge on any atom is -0.496 e. The summed E-state index contributed by atoms with van der Waals surface area (Å²) in [6, 6.07) is 5.93. The van der Waals surface area contributed by atoms with Gasteiger partial charge in [0.05, 0.1) is 18.1 Å². The third-order valence-electron chi connectivity index (χ3n) is 4.84. The van der Waals surface area contributed by atoms with Crippen molar-refractivity contribution in [3.8, 4) is 5.75 Å². The van der Waals surface area contributed by atoms with Gasteiger partial charge in [0.2, 0.25) is 0 Å². The third kappa shape index (κ3) is 4.73. The van der Waals surface area contributed by atoms with Crippen LogP contribution in [0.2, 0.25) is 0 Å². The van der Waals surface area contributed by atoms with Crippen molar-refractivity contribution < 1.29 is 24.0 Å². The summed E-state index contributed by atoms with van der Waals surface area (Å²) in [5, 5.41) is 13.7. The van der Waals surface area contributed by atoms with Crippen LogP contribution in [0.1, 0.15) is 40.4 Å². The van der Waals surface area contributed by atoms with Crippen molar-refractivity contribution in [1.82, 2.24) is 0 Å². The Morgan fingerprint density at radius 1 is 1.34 bits per heavy atom. The number of nitrogens with one attached hydrogen (secondary N) is 1. The summed E-state index contributed by atoms with van der Waals surface area (Å²) in [6.45, 7) is 3.61. The maximum atomic E-state index is 12.5. The molecule has 1 amide bonds. The second-order valence-electron chi connectivity index (χ2n) is 7.08. The largest absolute Gasteiger partial charge is 0.496 e. The van der Waals surface area contributed by atoms with Gasteiger partial charge in [-0.2, -0.15) is 0 Å². The van der Waals surface area contributed by atoms with Crippen molar-refractivity contribution in [2.75, 3.05) is 12.4 Å². The minimum atomic E-state index is -1.11. The predicted molar refractivity (Wildman–Crippen MR) is 109 cm³/mol. The van der Waals surface area contributed by atoms with Crippen molar-refractivity contribution in [1.29, 1.82) is 0 Å². The Balaban J connectivity index is 1.67. The average Bonchev–Trinajstić information content (AvgIpc) is 3.11. The number of carbonyl (C=O) groups excluding carboxylic acids is 2. The van der Waals surface area contributed by atoms with Gasteiger partial charge in [-0.25, -0.2) is 4.79 Å². The molecule has 1 N–H and O–H groups in total. The number of hydrogen-bond donors (Lipinski definition) is 1. The molecule has 0 saturated heterocycles. The molecule has 0 radical (unpaired) electrons. The van der Waals surface area contributed by atoms with Gasteiger partial charge in [0, 0.05) is 4.88 Å². The molecule has 0 spiro atoms. The third-order valence-corrected chi connectivity index (χ3v) is 6.06. The zero-order valence-corrected chi connectivity index (χ0v) is 17.2. The molecule has 154 valence electrons. The van der Waals surface area contributed by atoms with E-state index in [0.717, 1.165) is 19.3 Å². The number of methoxy groups -OCH3 is 1.